The minimum atomic E-state index is -4.04. The van der Waals surface area contributed by atoms with Crippen LogP contribution in [0.2, 0.25) is 0 Å². The van der Waals surface area contributed by atoms with Gasteiger partial charge in [-0.2, -0.15) is 0 Å². The number of methoxy groups -OCH3 is 1. The standard InChI is InChI=1S/C26H29BN3O7S/c1-17-20(12-9-13-22(17)36-5)24(31)28-30(26(2,3)4)25(32)18-14-15-23(37-27-33)21(16-18)29-38(34,35)19-10-7-6-8-11-19/h6-16,29,33H,1-5H3,(H,28,31). The second-order valence-electron chi connectivity index (χ2n) is 9.24. The molecule has 0 atom stereocenters. The Morgan fingerprint density at radius 1 is 0.974 bits per heavy atom. The number of hydrogen-bond acceptors (Lipinski definition) is 7. The number of amides is 2. The average Bonchev–Trinajstić information content (AvgIpc) is 2.87. The van der Waals surface area contributed by atoms with E-state index in [1.807, 2.05) is 0 Å². The topological polar surface area (TPSA) is 134 Å². The highest BCUT2D eigenvalue weighted by atomic mass is 32.2. The van der Waals surface area contributed by atoms with Crippen molar-refractivity contribution in [3.8, 4) is 11.5 Å². The molecule has 0 unspecified atom stereocenters. The smallest absolute Gasteiger partial charge is 0.536 e. The summed E-state index contributed by atoms with van der Waals surface area (Å²) in [6.07, 6.45) is 0. The van der Waals surface area contributed by atoms with Crippen LogP contribution in [0.25, 0.3) is 0 Å². The predicted molar refractivity (Wildman–Crippen MR) is 143 cm³/mol. The predicted octanol–water partition coefficient (Wildman–Crippen LogP) is 3.30. The van der Waals surface area contributed by atoms with Crippen LogP contribution in [0.1, 0.15) is 47.1 Å². The summed E-state index contributed by atoms with van der Waals surface area (Å²) >= 11 is 0. The first-order valence-corrected chi connectivity index (χ1v) is 13.0. The molecule has 3 N–H and O–H groups in total. The lowest BCUT2D eigenvalue weighted by atomic mass is 10.0. The first-order chi connectivity index (χ1) is 17.9. The van der Waals surface area contributed by atoms with Gasteiger partial charge in [0, 0.05) is 16.7 Å². The molecule has 0 aromatic heterocycles. The molecule has 38 heavy (non-hydrogen) atoms. The molecule has 0 fully saturated rings. The number of anilines is 1. The Morgan fingerprint density at radius 2 is 1.66 bits per heavy atom. The molecule has 0 bridgehead atoms. The minimum absolute atomic E-state index is 0.00658. The van der Waals surface area contributed by atoms with E-state index in [0.717, 1.165) is 5.01 Å². The Balaban J connectivity index is 1.98. The summed E-state index contributed by atoms with van der Waals surface area (Å²) in [5, 5.41) is 10.3. The second kappa shape index (κ2) is 11.6. The van der Waals surface area contributed by atoms with Crippen LogP contribution in [0.15, 0.2) is 71.6 Å². The van der Waals surface area contributed by atoms with Crippen molar-refractivity contribution >= 4 is 35.2 Å². The van der Waals surface area contributed by atoms with Crippen molar-refractivity contribution in [2.45, 2.75) is 38.1 Å². The fraction of sp³-hybridized carbons (Fsp3) is 0.231. The van der Waals surface area contributed by atoms with E-state index in [1.54, 1.807) is 64.1 Å². The number of ether oxygens (including phenoxy) is 1. The lowest BCUT2D eigenvalue weighted by molar-refractivity contribution is 0.0358. The molecule has 1 radical (unpaired) electrons. The van der Waals surface area contributed by atoms with Gasteiger partial charge in [0.1, 0.15) is 11.5 Å². The van der Waals surface area contributed by atoms with Gasteiger partial charge >= 0.3 is 7.69 Å². The number of benzene rings is 3. The quantitative estimate of drug-likeness (QED) is 0.296. The van der Waals surface area contributed by atoms with Crippen molar-refractivity contribution in [2.24, 2.45) is 0 Å². The van der Waals surface area contributed by atoms with E-state index < -0.39 is 27.4 Å². The number of nitrogens with one attached hydrogen (secondary N) is 2. The Labute approximate surface area is 222 Å². The third-order valence-electron chi connectivity index (χ3n) is 5.54. The summed E-state index contributed by atoms with van der Waals surface area (Å²) in [6.45, 7) is 6.95. The third kappa shape index (κ3) is 6.45. The van der Waals surface area contributed by atoms with Gasteiger partial charge in [0.15, 0.2) is 0 Å². The van der Waals surface area contributed by atoms with E-state index in [2.05, 4.69) is 10.1 Å². The number of hydrazine groups is 1. The maximum Gasteiger partial charge on any atom is 0.569 e. The Kier molecular flexibility index (Phi) is 8.69. The SMILES string of the molecule is COc1cccc(C(=O)NN(C(=O)c2ccc(O[B]O)c(NS(=O)(=O)c3ccccc3)c2)C(C)(C)C)c1C. The van der Waals surface area contributed by atoms with Crippen molar-refractivity contribution in [2.75, 3.05) is 11.8 Å². The van der Waals surface area contributed by atoms with Crippen LogP contribution in [0.5, 0.6) is 11.5 Å². The van der Waals surface area contributed by atoms with E-state index in [0.29, 0.717) is 24.6 Å². The van der Waals surface area contributed by atoms with Gasteiger partial charge in [0.05, 0.1) is 23.2 Å². The first kappa shape index (κ1) is 28.5. The van der Waals surface area contributed by atoms with Gasteiger partial charge in [-0.15, -0.1) is 0 Å². The first-order valence-electron chi connectivity index (χ1n) is 11.5. The highest BCUT2D eigenvalue weighted by Gasteiger charge is 2.31. The Hall–Kier alpha value is -4.03. The van der Waals surface area contributed by atoms with E-state index in [4.69, 9.17) is 14.4 Å². The van der Waals surface area contributed by atoms with Crippen LogP contribution in [0.4, 0.5) is 5.69 Å². The van der Waals surface area contributed by atoms with Gasteiger partial charge in [-0.25, -0.2) is 13.4 Å². The third-order valence-corrected chi connectivity index (χ3v) is 6.92. The van der Waals surface area contributed by atoms with Gasteiger partial charge in [-0.1, -0.05) is 24.3 Å². The number of rotatable bonds is 8. The molecule has 3 aromatic carbocycles. The molecule has 10 nitrogen and oxygen atoms in total. The fourth-order valence-corrected chi connectivity index (χ4v) is 4.68. The molecular formula is C26H29BN3O7S. The monoisotopic (exact) mass is 538 g/mol. The lowest BCUT2D eigenvalue weighted by Gasteiger charge is -2.35. The molecule has 12 heteroatoms. The van der Waals surface area contributed by atoms with Crippen molar-refractivity contribution in [3.05, 3.63) is 83.4 Å². The number of carbonyl (C=O) groups is 2. The Bertz CT molecular complexity index is 1420. The Morgan fingerprint density at radius 3 is 2.26 bits per heavy atom. The van der Waals surface area contributed by atoms with Crippen LogP contribution in [-0.4, -0.2) is 50.6 Å². The van der Waals surface area contributed by atoms with Crippen molar-refractivity contribution in [3.63, 3.8) is 0 Å². The zero-order valence-electron chi connectivity index (χ0n) is 21.7. The van der Waals surface area contributed by atoms with Gasteiger partial charge in [0.2, 0.25) is 0 Å². The normalized spacial score (nSPS) is 11.3. The molecule has 0 aliphatic heterocycles. The molecule has 2 amide bonds. The second-order valence-corrected chi connectivity index (χ2v) is 10.9. The van der Waals surface area contributed by atoms with Gasteiger partial charge < -0.3 is 14.4 Å². The average molecular weight is 538 g/mol. The maximum absolute atomic E-state index is 13.6. The minimum Gasteiger partial charge on any atom is -0.536 e. The number of nitrogens with zero attached hydrogens (tertiary/aromatic N) is 1. The highest BCUT2D eigenvalue weighted by molar-refractivity contribution is 7.92. The zero-order chi connectivity index (χ0) is 28.1. The highest BCUT2D eigenvalue weighted by Crippen LogP contribution is 2.30. The van der Waals surface area contributed by atoms with E-state index in [1.165, 1.54) is 37.4 Å². The largest absolute Gasteiger partial charge is 0.569 e. The van der Waals surface area contributed by atoms with Gasteiger partial charge in [0.25, 0.3) is 21.8 Å². The summed E-state index contributed by atoms with van der Waals surface area (Å²) in [7, 11) is -2.15. The molecule has 0 heterocycles. The van der Waals surface area contributed by atoms with Crippen LogP contribution in [0, 0.1) is 6.92 Å². The molecule has 0 saturated heterocycles. The number of hydrogen-bond donors (Lipinski definition) is 3. The number of sulfonamides is 1. The number of carbonyl (C=O) groups excluding carboxylic acids is 2. The van der Waals surface area contributed by atoms with E-state index in [9.17, 15) is 18.0 Å². The molecule has 0 saturated carbocycles. The van der Waals surface area contributed by atoms with Gasteiger partial charge in [-0.3, -0.25) is 19.7 Å². The van der Waals surface area contributed by atoms with Crippen molar-refractivity contribution in [1.29, 1.82) is 0 Å². The molecule has 0 spiro atoms. The maximum atomic E-state index is 13.6. The molecule has 0 aliphatic carbocycles. The molecule has 199 valence electrons. The fourth-order valence-electron chi connectivity index (χ4n) is 3.60. The van der Waals surface area contributed by atoms with E-state index in [-0.39, 0.29) is 21.9 Å². The van der Waals surface area contributed by atoms with Gasteiger partial charge in [-0.05, 0) is 70.2 Å². The summed E-state index contributed by atoms with van der Waals surface area (Å²) in [6, 6.07) is 16.6. The molecule has 0 aliphatic rings. The van der Waals surface area contributed by atoms with Crippen LogP contribution >= 0.6 is 0 Å². The molecule has 3 rings (SSSR count). The van der Waals surface area contributed by atoms with Crippen LogP contribution < -0.4 is 19.5 Å². The van der Waals surface area contributed by atoms with E-state index >= 15 is 0 Å². The zero-order valence-corrected chi connectivity index (χ0v) is 22.5. The van der Waals surface area contributed by atoms with Crippen LogP contribution in [-0.2, 0) is 10.0 Å². The summed E-state index contributed by atoms with van der Waals surface area (Å²) in [5.74, 6) is -0.643. The molecular weight excluding hydrogens is 509 g/mol. The summed E-state index contributed by atoms with van der Waals surface area (Å²) in [5.41, 5.74) is 2.70. The molecule has 3 aromatic rings. The van der Waals surface area contributed by atoms with Crippen molar-refractivity contribution < 1.29 is 32.4 Å². The van der Waals surface area contributed by atoms with Crippen molar-refractivity contribution in [1.82, 2.24) is 10.4 Å². The van der Waals surface area contributed by atoms with Crippen LogP contribution in [0.3, 0.4) is 0 Å². The lowest BCUT2D eigenvalue weighted by Crippen LogP contribution is -2.56. The summed E-state index contributed by atoms with van der Waals surface area (Å²) < 4.78 is 38.6. The summed E-state index contributed by atoms with van der Waals surface area (Å²) in [4.78, 5) is 26.8.